The molecule has 0 saturated carbocycles. The normalized spacial score (nSPS) is 26.6. The van der Waals surface area contributed by atoms with Crippen LogP contribution in [-0.2, 0) is 21.2 Å². The van der Waals surface area contributed by atoms with Crippen molar-refractivity contribution in [3.63, 3.8) is 0 Å². The van der Waals surface area contributed by atoms with Crippen molar-refractivity contribution < 1.29 is 17.7 Å². The van der Waals surface area contributed by atoms with Crippen molar-refractivity contribution in [1.29, 1.82) is 0 Å². The molecule has 25 heavy (non-hydrogen) atoms. The molecule has 9 heteroatoms. The van der Waals surface area contributed by atoms with Gasteiger partial charge < -0.3 is 9.42 Å². The second kappa shape index (κ2) is 6.69. The fraction of sp³-hybridized carbons (Fsp3) is 0.750. The van der Waals surface area contributed by atoms with Gasteiger partial charge in [0.25, 0.3) is 0 Å². The Hall–Kier alpha value is -1.45. The number of carbonyl (C=O) groups excluding carboxylic acids is 1. The zero-order valence-electron chi connectivity index (χ0n) is 15.2. The van der Waals surface area contributed by atoms with Crippen molar-refractivity contribution in [1.82, 2.24) is 19.9 Å². The van der Waals surface area contributed by atoms with Crippen LogP contribution >= 0.6 is 0 Å². The Morgan fingerprint density at radius 3 is 2.36 bits per heavy atom. The van der Waals surface area contributed by atoms with E-state index >= 15 is 0 Å². The van der Waals surface area contributed by atoms with E-state index < -0.39 is 9.84 Å². The number of nitrogens with zero attached hydrogens (tertiary/aromatic N) is 4. The number of amides is 1. The highest BCUT2D eigenvalue weighted by Crippen LogP contribution is 2.29. The predicted octanol–water partition coefficient (Wildman–Crippen LogP) is -0.337. The maximum atomic E-state index is 12.3. The number of piperazine rings is 1. The lowest BCUT2D eigenvalue weighted by atomic mass is 10.0. The van der Waals surface area contributed by atoms with Crippen molar-refractivity contribution in [3.8, 4) is 0 Å². The highest BCUT2D eigenvalue weighted by atomic mass is 32.2. The first-order valence-electron chi connectivity index (χ1n) is 8.48. The molecule has 3 heterocycles. The van der Waals surface area contributed by atoms with Crippen molar-refractivity contribution >= 4 is 15.7 Å². The molecule has 1 amide bonds. The number of hydrogen-bond acceptors (Lipinski definition) is 7. The molecule has 0 unspecified atom stereocenters. The van der Waals surface area contributed by atoms with Crippen LogP contribution in [0.3, 0.4) is 0 Å². The standard InChI is InChI=1S/C16H26N4O4S/c1-11-13(12(2)24-17-11)7-19-5-6-20(8-16(21)18(3)4)15-10-25(22,23)9-14(15)19/h14-15H,5-10H2,1-4H3/t14-,15+/m1/s1. The first-order valence-corrected chi connectivity index (χ1v) is 10.3. The van der Waals surface area contributed by atoms with E-state index in [1.165, 1.54) is 0 Å². The number of likely N-dealkylation sites (N-methyl/N-ethyl adjacent to an activating group) is 1. The summed E-state index contributed by atoms with van der Waals surface area (Å²) in [5, 5.41) is 3.99. The molecule has 0 aromatic carbocycles. The second-order valence-electron chi connectivity index (χ2n) is 7.24. The van der Waals surface area contributed by atoms with Crippen LogP contribution < -0.4 is 0 Å². The van der Waals surface area contributed by atoms with E-state index in [4.69, 9.17) is 4.52 Å². The molecule has 140 valence electrons. The quantitative estimate of drug-likeness (QED) is 0.717. The number of aryl methyl sites for hydroxylation is 2. The third-order valence-electron chi connectivity index (χ3n) is 5.29. The van der Waals surface area contributed by atoms with Crippen molar-refractivity contribution in [2.24, 2.45) is 0 Å². The number of aromatic nitrogens is 1. The predicted molar refractivity (Wildman–Crippen MR) is 92.9 cm³/mol. The van der Waals surface area contributed by atoms with Crippen LogP contribution in [0.25, 0.3) is 0 Å². The molecule has 0 radical (unpaired) electrons. The summed E-state index contributed by atoms with van der Waals surface area (Å²) in [5.74, 6) is 1.05. The van der Waals surface area contributed by atoms with Gasteiger partial charge in [0.1, 0.15) is 5.76 Å². The van der Waals surface area contributed by atoms with E-state index in [0.717, 1.165) is 23.6 Å². The van der Waals surface area contributed by atoms with Crippen LogP contribution in [0.4, 0.5) is 0 Å². The molecule has 0 aliphatic carbocycles. The van der Waals surface area contributed by atoms with Crippen LogP contribution in [-0.4, -0.2) is 91.5 Å². The number of fused-ring (bicyclic) bond motifs is 1. The lowest BCUT2D eigenvalue weighted by Gasteiger charge is -2.43. The van der Waals surface area contributed by atoms with E-state index in [9.17, 15) is 13.2 Å². The monoisotopic (exact) mass is 370 g/mol. The van der Waals surface area contributed by atoms with Crippen LogP contribution in [0, 0.1) is 13.8 Å². The minimum atomic E-state index is -3.10. The molecule has 3 rings (SSSR count). The summed E-state index contributed by atoms with van der Waals surface area (Å²) in [6.07, 6.45) is 0. The van der Waals surface area contributed by atoms with E-state index in [1.807, 2.05) is 18.7 Å². The Morgan fingerprint density at radius 2 is 1.80 bits per heavy atom. The van der Waals surface area contributed by atoms with E-state index in [0.29, 0.717) is 13.1 Å². The van der Waals surface area contributed by atoms with Crippen LogP contribution in [0.5, 0.6) is 0 Å². The van der Waals surface area contributed by atoms with E-state index in [2.05, 4.69) is 10.1 Å². The number of sulfone groups is 1. The zero-order chi connectivity index (χ0) is 18.4. The molecule has 2 fully saturated rings. The lowest BCUT2D eigenvalue weighted by molar-refractivity contribution is -0.131. The van der Waals surface area contributed by atoms with Gasteiger partial charge in [-0.3, -0.25) is 14.6 Å². The van der Waals surface area contributed by atoms with Gasteiger partial charge in [0.2, 0.25) is 5.91 Å². The van der Waals surface area contributed by atoms with Gasteiger partial charge in [-0.25, -0.2) is 8.42 Å². The molecular weight excluding hydrogens is 344 g/mol. The Morgan fingerprint density at radius 1 is 1.20 bits per heavy atom. The van der Waals surface area contributed by atoms with E-state index in [-0.39, 0.29) is 36.0 Å². The first-order chi connectivity index (χ1) is 11.7. The first kappa shape index (κ1) is 18.3. The molecule has 0 N–H and O–H groups in total. The van der Waals surface area contributed by atoms with Crippen molar-refractivity contribution in [2.45, 2.75) is 32.5 Å². The van der Waals surface area contributed by atoms with Gasteiger partial charge in [0.15, 0.2) is 9.84 Å². The van der Waals surface area contributed by atoms with Gasteiger partial charge in [-0.05, 0) is 13.8 Å². The average Bonchev–Trinajstić information content (AvgIpc) is 3.02. The van der Waals surface area contributed by atoms with Crippen LogP contribution in [0.1, 0.15) is 17.0 Å². The second-order valence-corrected chi connectivity index (χ2v) is 9.40. The molecule has 0 spiro atoms. The van der Waals surface area contributed by atoms with E-state index in [1.54, 1.807) is 19.0 Å². The molecule has 8 nitrogen and oxygen atoms in total. The van der Waals surface area contributed by atoms with Crippen molar-refractivity contribution in [3.05, 3.63) is 17.0 Å². The average molecular weight is 370 g/mol. The third-order valence-corrected chi connectivity index (χ3v) is 6.98. The highest BCUT2D eigenvalue weighted by Gasteiger charge is 2.47. The van der Waals surface area contributed by atoms with Crippen LogP contribution in [0.2, 0.25) is 0 Å². The Kier molecular flexibility index (Phi) is 4.91. The molecule has 0 bridgehead atoms. The van der Waals surface area contributed by atoms with Gasteiger partial charge in [-0.2, -0.15) is 0 Å². The summed E-state index contributed by atoms with van der Waals surface area (Å²) >= 11 is 0. The Balaban J connectivity index is 1.80. The van der Waals surface area contributed by atoms with Gasteiger partial charge in [-0.1, -0.05) is 5.16 Å². The summed E-state index contributed by atoms with van der Waals surface area (Å²) in [4.78, 5) is 17.9. The molecule has 2 atom stereocenters. The summed E-state index contributed by atoms with van der Waals surface area (Å²) in [5.41, 5.74) is 1.88. The molecule has 1 aromatic rings. The molecule has 1 aromatic heterocycles. The van der Waals surface area contributed by atoms with Crippen molar-refractivity contribution in [2.75, 3.05) is 45.2 Å². The Labute approximate surface area is 148 Å². The largest absolute Gasteiger partial charge is 0.361 e. The zero-order valence-corrected chi connectivity index (χ0v) is 16.0. The fourth-order valence-electron chi connectivity index (χ4n) is 3.74. The minimum absolute atomic E-state index is 0.00206. The number of carbonyl (C=O) groups is 1. The maximum absolute atomic E-state index is 12.3. The molecule has 2 aliphatic rings. The summed E-state index contributed by atoms with van der Waals surface area (Å²) in [6.45, 7) is 6.09. The number of rotatable bonds is 4. The highest BCUT2D eigenvalue weighted by molar-refractivity contribution is 7.91. The number of hydrogen-bond donors (Lipinski definition) is 0. The molecule has 2 aliphatic heterocycles. The molecule has 2 saturated heterocycles. The van der Waals surface area contributed by atoms with Crippen LogP contribution in [0.15, 0.2) is 4.52 Å². The smallest absolute Gasteiger partial charge is 0.236 e. The fourth-order valence-corrected chi connectivity index (χ4v) is 5.78. The minimum Gasteiger partial charge on any atom is -0.361 e. The summed E-state index contributed by atoms with van der Waals surface area (Å²) in [6, 6.07) is -0.231. The Bertz CT molecular complexity index is 739. The maximum Gasteiger partial charge on any atom is 0.236 e. The van der Waals surface area contributed by atoms with Gasteiger partial charge >= 0.3 is 0 Å². The topological polar surface area (TPSA) is 87.0 Å². The third kappa shape index (κ3) is 3.73. The summed E-state index contributed by atoms with van der Waals surface area (Å²) < 4.78 is 29.8. The summed E-state index contributed by atoms with van der Waals surface area (Å²) in [7, 11) is 0.345. The SMILES string of the molecule is Cc1noc(C)c1CN1CCN(CC(=O)N(C)C)[C@H]2CS(=O)(=O)C[C@H]21. The van der Waals surface area contributed by atoms with Gasteiger partial charge in [0, 0.05) is 51.4 Å². The molecular formula is C16H26N4O4S. The lowest BCUT2D eigenvalue weighted by Crippen LogP contribution is -2.60. The van der Waals surface area contributed by atoms with Gasteiger partial charge in [-0.15, -0.1) is 0 Å². The van der Waals surface area contributed by atoms with Gasteiger partial charge in [0.05, 0.1) is 23.7 Å².